The molecule has 39 heavy (non-hydrogen) atoms. The molecule has 3 aromatic carbocycles. The number of rotatable bonds is 7. The Morgan fingerprint density at radius 3 is 2.36 bits per heavy atom. The third-order valence-electron chi connectivity index (χ3n) is 6.99. The van der Waals surface area contributed by atoms with E-state index < -0.39 is 29.1 Å². The summed E-state index contributed by atoms with van der Waals surface area (Å²) >= 11 is 6.28. The van der Waals surface area contributed by atoms with Crippen LogP contribution < -0.4 is 15.6 Å². The number of carbonyl (C=O) groups is 3. The van der Waals surface area contributed by atoms with E-state index in [2.05, 4.69) is 5.32 Å². The molecule has 0 aliphatic heterocycles. The zero-order valence-electron chi connectivity index (χ0n) is 21.1. The number of halogens is 1. The van der Waals surface area contributed by atoms with E-state index in [0.717, 1.165) is 37.0 Å². The second-order valence-electron chi connectivity index (χ2n) is 9.61. The van der Waals surface area contributed by atoms with Crippen LogP contribution in [0.2, 0.25) is 5.02 Å². The van der Waals surface area contributed by atoms with Crippen LogP contribution >= 0.6 is 11.6 Å². The number of nitrogens with zero attached hydrogens (tertiary/aromatic N) is 1. The first-order chi connectivity index (χ1) is 18.9. The van der Waals surface area contributed by atoms with Crippen LogP contribution in [0.3, 0.4) is 0 Å². The van der Waals surface area contributed by atoms with E-state index in [0.29, 0.717) is 10.6 Å². The van der Waals surface area contributed by atoms with E-state index >= 15 is 0 Å². The third kappa shape index (κ3) is 5.64. The highest BCUT2D eigenvalue weighted by atomic mass is 35.5. The Morgan fingerprint density at radius 2 is 1.62 bits per heavy atom. The lowest BCUT2D eigenvalue weighted by Gasteiger charge is -2.32. The number of anilines is 1. The minimum atomic E-state index is -1.48. The molecule has 1 aliphatic carbocycles. The van der Waals surface area contributed by atoms with Crippen molar-refractivity contribution in [1.29, 1.82) is 0 Å². The number of ketones is 1. The van der Waals surface area contributed by atoms with Gasteiger partial charge in [0.1, 0.15) is 17.9 Å². The van der Waals surface area contributed by atoms with Gasteiger partial charge in [0.2, 0.25) is 5.91 Å². The van der Waals surface area contributed by atoms with Crippen molar-refractivity contribution in [3.63, 3.8) is 0 Å². The van der Waals surface area contributed by atoms with Gasteiger partial charge in [0.25, 0.3) is 11.7 Å². The lowest BCUT2D eigenvalue weighted by atomic mass is 9.94. The quantitative estimate of drug-likeness (QED) is 0.233. The molecule has 7 nitrogen and oxygen atoms in total. The van der Waals surface area contributed by atoms with Gasteiger partial charge in [-0.05, 0) is 43.2 Å². The number of benzene rings is 3. The molecule has 1 atom stereocenters. The first kappa shape index (κ1) is 26.4. The van der Waals surface area contributed by atoms with Crippen molar-refractivity contribution in [3.05, 3.63) is 111 Å². The number of carbonyl (C=O) groups excluding carboxylic acids is 3. The van der Waals surface area contributed by atoms with Gasteiger partial charge in [0.15, 0.2) is 5.43 Å². The molecule has 1 N–H and O–H groups in total. The van der Waals surface area contributed by atoms with Crippen LogP contribution in [-0.2, 0) is 9.59 Å². The van der Waals surface area contributed by atoms with E-state index in [-0.39, 0.29) is 28.2 Å². The maximum atomic E-state index is 14.0. The van der Waals surface area contributed by atoms with Crippen LogP contribution in [0.15, 0.2) is 94.3 Å². The predicted octanol–water partition coefficient (Wildman–Crippen LogP) is 5.85. The zero-order chi connectivity index (χ0) is 27.4. The molecule has 4 aromatic rings. The van der Waals surface area contributed by atoms with Gasteiger partial charge in [-0.3, -0.25) is 24.1 Å². The fourth-order valence-corrected chi connectivity index (χ4v) is 5.22. The summed E-state index contributed by atoms with van der Waals surface area (Å²) in [5.41, 5.74) is 0.183. The summed E-state index contributed by atoms with van der Waals surface area (Å²) in [6, 6.07) is 19.5. The number of hydrogen-bond acceptors (Lipinski definition) is 5. The van der Waals surface area contributed by atoms with Gasteiger partial charge in [-0.1, -0.05) is 79.4 Å². The molecule has 0 bridgehead atoms. The second-order valence-corrected chi connectivity index (χ2v) is 10.0. The van der Waals surface area contributed by atoms with Crippen molar-refractivity contribution in [2.24, 2.45) is 0 Å². The highest BCUT2D eigenvalue weighted by Crippen LogP contribution is 2.31. The Bertz CT molecular complexity index is 1580. The largest absolute Gasteiger partial charge is 0.464 e. The molecular weight excluding hydrogens is 516 g/mol. The monoisotopic (exact) mass is 542 g/mol. The number of fused-ring (bicyclic) bond motifs is 1. The summed E-state index contributed by atoms with van der Waals surface area (Å²) in [6.45, 7) is 0. The molecule has 1 fully saturated rings. The summed E-state index contributed by atoms with van der Waals surface area (Å²) < 4.78 is 5.75. The smallest absolute Gasteiger partial charge is 0.300 e. The number of nitrogens with one attached hydrogen (secondary N) is 1. The van der Waals surface area contributed by atoms with Gasteiger partial charge in [-0.25, -0.2) is 0 Å². The molecule has 1 aliphatic rings. The third-order valence-corrected chi connectivity index (χ3v) is 7.23. The summed E-state index contributed by atoms with van der Waals surface area (Å²) in [5, 5.41) is 3.60. The lowest BCUT2D eigenvalue weighted by molar-refractivity contribution is -0.126. The minimum Gasteiger partial charge on any atom is -0.464 e. The maximum Gasteiger partial charge on any atom is 0.300 e. The minimum absolute atomic E-state index is 0.0591. The SMILES string of the molecule is O=C(C(=O)N(c1cccc(Cl)c1)C(C(=O)NC1CCCCC1)c1coc2ccccc2c1=O)c1ccccc1. The highest BCUT2D eigenvalue weighted by molar-refractivity contribution is 6.47. The van der Waals surface area contributed by atoms with Gasteiger partial charge in [-0.15, -0.1) is 0 Å². The lowest BCUT2D eigenvalue weighted by Crippen LogP contribution is -2.50. The van der Waals surface area contributed by atoms with E-state index in [1.165, 1.54) is 24.5 Å². The first-order valence-corrected chi connectivity index (χ1v) is 13.3. The fourth-order valence-electron chi connectivity index (χ4n) is 5.04. The second kappa shape index (κ2) is 11.7. The average Bonchev–Trinajstić information content (AvgIpc) is 2.97. The molecule has 198 valence electrons. The van der Waals surface area contributed by atoms with Crippen LogP contribution in [0, 0.1) is 0 Å². The van der Waals surface area contributed by atoms with Crippen molar-refractivity contribution >= 4 is 45.9 Å². The normalized spacial score (nSPS) is 14.5. The number of amides is 2. The number of para-hydroxylation sites is 1. The Labute approximate surface area is 230 Å². The Morgan fingerprint density at radius 1 is 0.897 bits per heavy atom. The fraction of sp³-hybridized carbons (Fsp3) is 0.226. The van der Waals surface area contributed by atoms with Gasteiger partial charge >= 0.3 is 0 Å². The molecule has 1 aromatic heterocycles. The summed E-state index contributed by atoms with van der Waals surface area (Å²) in [4.78, 5) is 56.2. The molecule has 2 amide bonds. The van der Waals surface area contributed by atoms with Crippen LogP contribution in [0.25, 0.3) is 11.0 Å². The van der Waals surface area contributed by atoms with Crippen LogP contribution in [0.4, 0.5) is 5.69 Å². The molecule has 5 rings (SSSR count). The maximum absolute atomic E-state index is 14.0. The zero-order valence-corrected chi connectivity index (χ0v) is 21.9. The topological polar surface area (TPSA) is 96.7 Å². The van der Waals surface area contributed by atoms with Crippen molar-refractivity contribution in [2.45, 2.75) is 44.2 Å². The summed E-state index contributed by atoms with van der Waals surface area (Å²) in [5.74, 6) is -2.37. The Balaban J connectivity index is 1.68. The molecular formula is C31H27ClN2O5. The van der Waals surface area contributed by atoms with Crippen LogP contribution in [-0.4, -0.2) is 23.6 Å². The van der Waals surface area contributed by atoms with Crippen LogP contribution in [0.5, 0.6) is 0 Å². The predicted molar refractivity (Wildman–Crippen MR) is 150 cm³/mol. The van der Waals surface area contributed by atoms with Crippen molar-refractivity contribution < 1.29 is 18.8 Å². The molecule has 1 heterocycles. The molecule has 1 saturated carbocycles. The van der Waals surface area contributed by atoms with E-state index in [1.54, 1.807) is 60.7 Å². The Hall–Kier alpha value is -4.23. The van der Waals surface area contributed by atoms with Gasteiger partial charge in [-0.2, -0.15) is 0 Å². The molecule has 8 heteroatoms. The molecule has 0 spiro atoms. The van der Waals surface area contributed by atoms with Crippen molar-refractivity contribution in [3.8, 4) is 0 Å². The van der Waals surface area contributed by atoms with Gasteiger partial charge in [0.05, 0.1) is 10.9 Å². The standard InChI is InChI=1S/C31H27ClN2O5/c32-21-12-9-15-23(18-21)34(31(38)28(35)20-10-3-1-4-11-20)27(30(37)33-22-13-5-2-6-14-22)25-19-39-26-17-8-7-16-24(26)29(25)36/h1,3-4,7-12,15-19,22,27H,2,5-6,13-14H2,(H,33,37). The van der Waals surface area contributed by atoms with Gasteiger partial charge in [0, 0.05) is 22.3 Å². The van der Waals surface area contributed by atoms with Crippen LogP contribution in [0.1, 0.15) is 54.1 Å². The highest BCUT2D eigenvalue weighted by Gasteiger charge is 2.39. The van der Waals surface area contributed by atoms with Crippen molar-refractivity contribution in [2.75, 3.05) is 4.90 Å². The van der Waals surface area contributed by atoms with E-state index in [4.69, 9.17) is 16.0 Å². The molecule has 0 radical (unpaired) electrons. The molecule has 0 saturated heterocycles. The number of Topliss-reactive ketones (excluding diaryl/α,β-unsaturated/α-hetero) is 1. The summed E-state index contributed by atoms with van der Waals surface area (Å²) in [6.07, 6.45) is 5.81. The molecule has 1 unspecified atom stereocenters. The Kier molecular flexibility index (Phi) is 7.89. The van der Waals surface area contributed by atoms with E-state index in [9.17, 15) is 19.2 Å². The van der Waals surface area contributed by atoms with Gasteiger partial charge < -0.3 is 9.73 Å². The first-order valence-electron chi connectivity index (χ1n) is 12.9. The van der Waals surface area contributed by atoms with Crippen molar-refractivity contribution in [1.82, 2.24) is 5.32 Å². The average molecular weight is 543 g/mol. The van der Waals surface area contributed by atoms with E-state index in [1.807, 2.05) is 0 Å². The number of hydrogen-bond donors (Lipinski definition) is 1. The summed E-state index contributed by atoms with van der Waals surface area (Å²) in [7, 11) is 0.